The fourth-order valence-electron chi connectivity index (χ4n) is 3.17. The van der Waals surface area contributed by atoms with Gasteiger partial charge in [0.2, 0.25) is 0 Å². The largest absolute Gasteiger partial charge is 0.330 e. The van der Waals surface area contributed by atoms with Gasteiger partial charge in [-0.05, 0) is 44.7 Å². The van der Waals surface area contributed by atoms with Crippen molar-refractivity contribution in [3.8, 4) is 0 Å². The number of fused-ring (bicyclic) bond motifs is 1. The Hall–Kier alpha value is -1.42. The molecule has 0 unspecified atom stereocenters. The van der Waals surface area contributed by atoms with Crippen LogP contribution in [0.1, 0.15) is 45.0 Å². The molecule has 1 fully saturated rings. The minimum absolute atomic E-state index is 0.293. The van der Waals surface area contributed by atoms with Gasteiger partial charge in [-0.2, -0.15) is 0 Å². The average molecular weight is 258 g/mol. The molecule has 0 bridgehead atoms. The summed E-state index contributed by atoms with van der Waals surface area (Å²) in [7, 11) is 0. The summed E-state index contributed by atoms with van der Waals surface area (Å²) in [4.78, 5) is 8.97. The molecule has 2 N–H and O–H groups in total. The lowest BCUT2D eigenvalue weighted by Gasteiger charge is -2.41. The molecule has 0 aliphatic heterocycles. The van der Waals surface area contributed by atoms with Crippen LogP contribution in [0.15, 0.2) is 18.5 Å². The molecule has 1 aliphatic rings. The van der Waals surface area contributed by atoms with Crippen LogP contribution in [0.2, 0.25) is 0 Å². The van der Waals surface area contributed by atoms with Crippen molar-refractivity contribution in [3.05, 3.63) is 24.3 Å². The summed E-state index contributed by atoms with van der Waals surface area (Å²) in [5, 5.41) is 0. The molecule has 19 heavy (non-hydrogen) atoms. The quantitative estimate of drug-likeness (QED) is 0.917. The maximum absolute atomic E-state index is 5.99. The molecule has 1 aliphatic carbocycles. The molecule has 2 heterocycles. The van der Waals surface area contributed by atoms with Gasteiger partial charge in [0.05, 0.1) is 11.7 Å². The highest BCUT2D eigenvalue weighted by molar-refractivity contribution is 5.74. The van der Waals surface area contributed by atoms with Crippen molar-refractivity contribution < 1.29 is 0 Å². The second-order valence-corrected chi connectivity index (χ2v) is 6.09. The van der Waals surface area contributed by atoms with Crippen LogP contribution in [0.25, 0.3) is 11.0 Å². The van der Waals surface area contributed by atoms with Crippen LogP contribution in [0.4, 0.5) is 0 Å². The first-order valence-electron chi connectivity index (χ1n) is 7.16. The fraction of sp³-hybridized carbons (Fsp3) is 0.600. The van der Waals surface area contributed by atoms with E-state index in [1.54, 1.807) is 0 Å². The molecule has 0 saturated heterocycles. The fourth-order valence-corrected chi connectivity index (χ4v) is 3.17. The van der Waals surface area contributed by atoms with Gasteiger partial charge in [0, 0.05) is 18.7 Å². The van der Waals surface area contributed by atoms with Crippen molar-refractivity contribution >= 4 is 11.0 Å². The van der Waals surface area contributed by atoms with E-state index in [1.165, 1.54) is 30.6 Å². The van der Waals surface area contributed by atoms with E-state index in [2.05, 4.69) is 29.5 Å². The first-order valence-corrected chi connectivity index (χ1v) is 7.16. The van der Waals surface area contributed by atoms with Gasteiger partial charge in [-0.3, -0.25) is 4.98 Å². The number of rotatable bonds is 4. The van der Waals surface area contributed by atoms with Gasteiger partial charge in [0.25, 0.3) is 0 Å². The van der Waals surface area contributed by atoms with Gasteiger partial charge in [0.1, 0.15) is 11.3 Å². The Morgan fingerprint density at radius 1 is 1.42 bits per heavy atom. The van der Waals surface area contributed by atoms with E-state index in [0.717, 1.165) is 18.5 Å². The zero-order valence-electron chi connectivity index (χ0n) is 11.8. The molecule has 0 atom stereocenters. The second-order valence-electron chi connectivity index (χ2n) is 6.09. The van der Waals surface area contributed by atoms with Crippen LogP contribution >= 0.6 is 0 Å². The van der Waals surface area contributed by atoms with Crippen LogP contribution in [0.3, 0.4) is 0 Å². The minimum atomic E-state index is 0.293. The van der Waals surface area contributed by atoms with Crippen molar-refractivity contribution in [2.24, 2.45) is 11.1 Å². The standard InChI is InChI=1S/C15H22N4/c1-11(2)19-13-4-7-17-9-12(13)18-14(19)8-15(10-16)5-3-6-15/h4,7,9,11H,3,5-6,8,10,16H2,1-2H3. The third-order valence-corrected chi connectivity index (χ3v) is 4.46. The zero-order valence-corrected chi connectivity index (χ0v) is 11.8. The van der Waals surface area contributed by atoms with E-state index in [-0.39, 0.29) is 0 Å². The van der Waals surface area contributed by atoms with Gasteiger partial charge in [-0.25, -0.2) is 4.98 Å². The maximum Gasteiger partial charge on any atom is 0.110 e. The number of nitrogens with zero attached hydrogens (tertiary/aromatic N) is 3. The number of aromatic nitrogens is 3. The normalized spacial score (nSPS) is 17.9. The van der Waals surface area contributed by atoms with E-state index >= 15 is 0 Å². The summed E-state index contributed by atoms with van der Waals surface area (Å²) < 4.78 is 2.34. The van der Waals surface area contributed by atoms with Crippen LogP contribution in [-0.4, -0.2) is 21.1 Å². The van der Waals surface area contributed by atoms with Crippen LogP contribution in [-0.2, 0) is 6.42 Å². The van der Waals surface area contributed by atoms with Crippen molar-refractivity contribution in [1.29, 1.82) is 0 Å². The Kier molecular flexibility index (Phi) is 3.05. The van der Waals surface area contributed by atoms with Gasteiger partial charge in [-0.15, -0.1) is 0 Å². The SMILES string of the molecule is CC(C)n1c(CC2(CN)CCC2)nc2cnccc21. The minimum Gasteiger partial charge on any atom is -0.330 e. The molecular formula is C15H22N4. The lowest BCUT2D eigenvalue weighted by molar-refractivity contribution is 0.139. The Balaban J connectivity index is 2.05. The van der Waals surface area contributed by atoms with Gasteiger partial charge >= 0.3 is 0 Å². The van der Waals surface area contributed by atoms with Crippen LogP contribution in [0, 0.1) is 5.41 Å². The average Bonchev–Trinajstić information content (AvgIpc) is 2.71. The third-order valence-electron chi connectivity index (χ3n) is 4.46. The Labute approximate surface area is 114 Å². The van der Waals surface area contributed by atoms with E-state index in [0.29, 0.717) is 11.5 Å². The van der Waals surface area contributed by atoms with Crippen LogP contribution in [0.5, 0.6) is 0 Å². The second kappa shape index (κ2) is 4.60. The summed E-state index contributed by atoms with van der Waals surface area (Å²) in [6.07, 6.45) is 8.48. The molecular weight excluding hydrogens is 236 g/mol. The molecule has 0 radical (unpaired) electrons. The van der Waals surface area contributed by atoms with E-state index in [4.69, 9.17) is 10.7 Å². The molecule has 4 nitrogen and oxygen atoms in total. The number of hydrogen-bond acceptors (Lipinski definition) is 3. The monoisotopic (exact) mass is 258 g/mol. The van der Waals surface area contributed by atoms with Gasteiger partial charge < -0.3 is 10.3 Å². The predicted molar refractivity (Wildman–Crippen MR) is 77.0 cm³/mol. The Morgan fingerprint density at radius 3 is 2.79 bits per heavy atom. The van der Waals surface area contributed by atoms with Gasteiger partial charge in [-0.1, -0.05) is 6.42 Å². The smallest absolute Gasteiger partial charge is 0.110 e. The molecule has 3 rings (SSSR count). The highest BCUT2D eigenvalue weighted by Gasteiger charge is 2.37. The summed E-state index contributed by atoms with van der Waals surface area (Å²) >= 11 is 0. The number of imidazole rings is 1. The van der Waals surface area contributed by atoms with Gasteiger partial charge in [0.15, 0.2) is 0 Å². The Bertz CT molecular complexity index is 575. The maximum atomic E-state index is 5.99. The van der Waals surface area contributed by atoms with E-state index < -0.39 is 0 Å². The molecule has 0 spiro atoms. The summed E-state index contributed by atoms with van der Waals surface area (Å²) in [5.74, 6) is 1.17. The lowest BCUT2D eigenvalue weighted by Crippen LogP contribution is -2.40. The zero-order chi connectivity index (χ0) is 13.5. The van der Waals surface area contributed by atoms with Crippen molar-refractivity contribution in [1.82, 2.24) is 14.5 Å². The predicted octanol–water partition coefficient (Wildman–Crippen LogP) is 2.68. The molecule has 0 aromatic carbocycles. The van der Waals surface area contributed by atoms with E-state index in [1.807, 2.05) is 12.4 Å². The van der Waals surface area contributed by atoms with E-state index in [9.17, 15) is 0 Å². The highest BCUT2D eigenvalue weighted by Crippen LogP contribution is 2.43. The molecule has 1 saturated carbocycles. The first-order chi connectivity index (χ1) is 9.15. The summed E-state index contributed by atoms with van der Waals surface area (Å²) in [6, 6.07) is 2.47. The van der Waals surface area contributed by atoms with Crippen molar-refractivity contribution in [3.63, 3.8) is 0 Å². The van der Waals surface area contributed by atoms with Crippen molar-refractivity contribution in [2.45, 2.75) is 45.6 Å². The number of hydrogen-bond donors (Lipinski definition) is 1. The highest BCUT2D eigenvalue weighted by atomic mass is 15.1. The first kappa shape index (κ1) is 12.6. The van der Waals surface area contributed by atoms with Crippen LogP contribution < -0.4 is 5.73 Å². The van der Waals surface area contributed by atoms with Crippen molar-refractivity contribution in [2.75, 3.05) is 6.54 Å². The molecule has 102 valence electrons. The molecule has 2 aromatic rings. The molecule has 4 heteroatoms. The lowest BCUT2D eigenvalue weighted by atomic mass is 9.66. The number of nitrogens with two attached hydrogens (primary N) is 1. The topological polar surface area (TPSA) is 56.7 Å². The third kappa shape index (κ3) is 2.04. The molecule has 0 amide bonds. The summed E-state index contributed by atoms with van der Waals surface area (Å²) in [6.45, 7) is 5.19. The molecule has 2 aromatic heterocycles. The number of pyridine rings is 1. The Morgan fingerprint density at radius 2 is 2.21 bits per heavy atom. The summed E-state index contributed by atoms with van der Waals surface area (Å²) in [5.41, 5.74) is 8.47.